The summed E-state index contributed by atoms with van der Waals surface area (Å²) in [7, 11) is 0. The predicted octanol–water partition coefficient (Wildman–Crippen LogP) is 3.20. The Morgan fingerprint density at radius 2 is 2.14 bits per heavy atom. The highest BCUT2D eigenvalue weighted by atomic mass is 32.2. The topological polar surface area (TPSA) is 96.7 Å². The predicted molar refractivity (Wildman–Crippen MR) is 103 cm³/mol. The molecule has 142 valence electrons. The van der Waals surface area contributed by atoms with E-state index < -0.39 is 0 Å². The van der Waals surface area contributed by atoms with E-state index in [1.807, 2.05) is 0 Å². The molecule has 0 aliphatic carbocycles. The van der Waals surface area contributed by atoms with Crippen LogP contribution >= 0.6 is 11.8 Å². The minimum Gasteiger partial charge on any atom is -0.440 e. The van der Waals surface area contributed by atoms with Crippen LogP contribution in [0.1, 0.15) is 21.8 Å². The van der Waals surface area contributed by atoms with Crippen LogP contribution in [0.4, 0.5) is 4.39 Å². The van der Waals surface area contributed by atoms with Gasteiger partial charge in [-0.15, -0.1) is 0 Å². The molecule has 28 heavy (non-hydrogen) atoms. The van der Waals surface area contributed by atoms with Gasteiger partial charge in [0.15, 0.2) is 16.6 Å². The fraction of sp³-hybridized carbons (Fsp3) is 0.158. The van der Waals surface area contributed by atoms with Crippen molar-refractivity contribution in [2.45, 2.75) is 11.6 Å². The van der Waals surface area contributed by atoms with Gasteiger partial charge in [-0.25, -0.2) is 14.4 Å². The van der Waals surface area contributed by atoms with Crippen molar-refractivity contribution in [2.75, 3.05) is 12.3 Å². The van der Waals surface area contributed by atoms with Gasteiger partial charge in [0, 0.05) is 17.9 Å². The minimum atomic E-state index is -0.298. The molecule has 4 aromatic rings. The zero-order chi connectivity index (χ0) is 19.3. The Hall–Kier alpha value is -3.20. The van der Waals surface area contributed by atoms with Gasteiger partial charge in [-0.3, -0.25) is 9.89 Å². The molecule has 0 bridgehead atoms. The summed E-state index contributed by atoms with van der Waals surface area (Å²) in [5, 5.41) is 10.1. The third-order valence-corrected chi connectivity index (χ3v) is 4.89. The first-order valence-corrected chi connectivity index (χ1v) is 9.57. The lowest BCUT2D eigenvalue weighted by Crippen LogP contribution is -2.25. The van der Waals surface area contributed by atoms with Crippen molar-refractivity contribution < 1.29 is 13.6 Å². The highest BCUT2D eigenvalue weighted by Gasteiger charge is 2.12. The lowest BCUT2D eigenvalue weighted by Gasteiger charge is -2.04. The van der Waals surface area contributed by atoms with E-state index >= 15 is 0 Å². The summed E-state index contributed by atoms with van der Waals surface area (Å²) in [6.45, 7) is 0.483. The van der Waals surface area contributed by atoms with E-state index in [-0.39, 0.29) is 18.1 Å². The molecule has 0 atom stereocenters. The fourth-order valence-electron chi connectivity index (χ4n) is 2.67. The molecule has 0 aliphatic rings. The average molecular weight is 397 g/mol. The monoisotopic (exact) mass is 397 g/mol. The number of nitrogens with zero attached hydrogens (tertiary/aromatic N) is 3. The van der Waals surface area contributed by atoms with Gasteiger partial charge in [-0.05, 0) is 29.8 Å². The summed E-state index contributed by atoms with van der Waals surface area (Å²) in [4.78, 5) is 20.7. The lowest BCUT2D eigenvalue weighted by atomic mass is 10.1. The summed E-state index contributed by atoms with van der Waals surface area (Å²) in [5.74, 6) is 0.569. The van der Waals surface area contributed by atoms with Gasteiger partial charge in [0.05, 0.1) is 6.42 Å². The molecule has 0 unspecified atom stereocenters. The molecular weight excluding hydrogens is 381 g/mol. The number of thioether (sulfide) groups is 1. The van der Waals surface area contributed by atoms with Crippen LogP contribution in [0.15, 0.2) is 58.4 Å². The minimum absolute atomic E-state index is 0.202. The summed E-state index contributed by atoms with van der Waals surface area (Å²) >= 11 is 1.47. The Kier molecular flexibility index (Phi) is 5.34. The molecule has 0 fully saturated rings. The number of benzene rings is 2. The second kappa shape index (κ2) is 8.22. The van der Waals surface area contributed by atoms with Crippen LogP contribution in [0.25, 0.3) is 11.1 Å². The van der Waals surface area contributed by atoms with Crippen molar-refractivity contribution in [1.29, 1.82) is 0 Å². The smallest absolute Gasteiger partial charge is 0.251 e. The van der Waals surface area contributed by atoms with Crippen LogP contribution in [0.2, 0.25) is 0 Å². The highest BCUT2D eigenvalue weighted by molar-refractivity contribution is 7.99. The fourth-order valence-corrected chi connectivity index (χ4v) is 3.31. The van der Waals surface area contributed by atoms with Crippen LogP contribution in [-0.2, 0) is 6.42 Å². The Morgan fingerprint density at radius 3 is 2.96 bits per heavy atom. The zero-order valence-electron chi connectivity index (χ0n) is 14.7. The van der Waals surface area contributed by atoms with E-state index in [1.54, 1.807) is 36.4 Å². The SMILES string of the molecule is O=C(NCCSc1ncn[nH]1)c1ccc2nc(Cc3ccccc3F)oc2c1. The van der Waals surface area contributed by atoms with Gasteiger partial charge in [-0.2, -0.15) is 5.10 Å². The molecule has 0 saturated heterocycles. The van der Waals surface area contributed by atoms with E-state index in [0.29, 0.717) is 45.6 Å². The average Bonchev–Trinajstić information content (AvgIpc) is 3.35. The maximum atomic E-state index is 13.8. The first kappa shape index (κ1) is 18.2. The lowest BCUT2D eigenvalue weighted by molar-refractivity contribution is 0.0956. The van der Waals surface area contributed by atoms with Gasteiger partial charge in [0.25, 0.3) is 5.91 Å². The Morgan fingerprint density at radius 1 is 1.25 bits per heavy atom. The maximum absolute atomic E-state index is 13.8. The highest BCUT2D eigenvalue weighted by Crippen LogP contribution is 2.20. The maximum Gasteiger partial charge on any atom is 0.251 e. The number of carbonyl (C=O) groups is 1. The van der Waals surface area contributed by atoms with E-state index in [0.717, 1.165) is 0 Å². The van der Waals surface area contributed by atoms with Gasteiger partial charge in [0.2, 0.25) is 0 Å². The van der Waals surface area contributed by atoms with Gasteiger partial charge in [0.1, 0.15) is 17.7 Å². The largest absolute Gasteiger partial charge is 0.440 e. The number of fused-ring (bicyclic) bond motifs is 1. The van der Waals surface area contributed by atoms with Crippen molar-refractivity contribution in [3.8, 4) is 0 Å². The normalized spacial score (nSPS) is 11.0. The molecule has 4 rings (SSSR count). The van der Waals surface area contributed by atoms with Crippen LogP contribution in [0.3, 0.4) is 0 Å². The first-order valence-electron chi connectivity index (χ1n) is 8.58. The zero-order valence-corrected chi connectivity index (χ0v) is 15.5. The van der Waals surface area contributed by atoms with Crippen LogP contribution < -0.4 is 5.32 Å². The quantitative estimate of drug-likeness (QED) is 0.367. The van der Waals surface area contributed by atoms with Crippen molar-refractivity contribution in [2.24, 2.45) is 0 Å². The number of H-pyrrole nitrogens is 1. The molecule has 0 radical (unpaired) electrons. The molecule has 1 amide bonds. The molecule has 2 heterocycles. The molecule has 0 spiro atoms. The second-order valence-electron chi connectivity index (χ2n) is 5.95. The van der Waals surface area contributed by atoms with E-state index in [9.17, 15) is 9.18 Å². The molecule has 2 aromatic heterocycles. The van der Waals surface area contributed by atoms with Crippen molar-refractivity contribution in [3.63, 3.8) is 0 Å². The summed E-state index contributed by atoms with van der Waals surface area (Å²) in [6.07, 6.45) is 1.69. The third kappa shape index (κ3) is 4.20. The van der Waals surface area contributed by atoms with E-state index in [2.05, 4.69) is 25.5 Å². The summed E-state index contributed by atoms with van der Waals surface area (Å²) in [5.41, 5.74) is 2.11. The van der Waals surface area contributed by atoms with Crippen molar-refractivity contribution in [3.05, 3.63) is 71.6 Å². The van der Waals surface area contributed by atoms with Crippen LogP contribution in [-0.4, -0.2) is 38.4 Å². The number of aromatic amines is 1. The number of hydrogen-bond donors (Lipinski definition) is 2. The molecule has 2 aromatic carbocycles. The number of hydrogen-bond acceptors (Lipinski definition) is 6. The summed E-state index contributed by atoms with van der Waals surface area (Å²) < 4.78 is 19.5. The van der Waals surface area contributed by atoms with Crippen LogP contribution in [0, 0.1) is 5.82 Å². The Balaban J connectivity index is 1.39. The standard InChI is InChI=1S/C19H16FN5O2S/c20-14-4-2-1-3-12(14)10-17-24-15-6-5-13(9-16(15)27-17)18(26)21-7-8-28-19-22-11-23-25-19/h1-6,9,11H,7-8,10H2,(H,21,26)(H,22,23,25). The third-order valence-electron chi connectivity index (χ3n) is 4.01. The van der Waals surface area contributed by atoms with Crippen LogP contribution in [0.5, 0.6) is 0 Å². The molecular formula is C19H16FN5O2S. The number of nitrogens with one attached hydrogen (secondary N) is 2. The number of halogens is 1. The number of carbonyl (C=O) groups excluding carboxylic acids is 1. The molecule has 2 N–H and O–H groups in total. The summed E-state index contributed by atoms with van der Waals surface area (Å²) in [6, 6.07) is 11.6. The number of rotatable bonds is 7. The molecule has 0 saturated carbocycles. The van der Waals surface area contributed by atoms with Gasteiger partial charge < -0.3 is 9.73 Å². The van der Waals surface area contributed by atoms with Crippen molar-refractivity contribution in [1.82, 2.24) is 25.5 Å². The van der Waals surface area contributed by atoms with Crippen molar-refractivity contribution >= 4 is 28.8 Å². The van der Waals surface area contributed by atoms with Gasteiger partial charge >= 0.3 is 0 Å². The second-order valence-corrected chi connectivity index (χ2v) is 7.04. The van der Waals surface area contributed by atoms with Gasteiger partial charge in [-0.1, -0.05) is 30.0 Å². The number of oxazole rings is 1. The van der Waals surface area contributed by atoms with E-state index in [1.165, 1.54) is 24.2 Å². The Bertz CT molecular complexity index is 1100. The molecule has 7 nitrogen and oxygen atoms in total. The molecule has 9 heteroatoms. The molecule has 0 aliphatic heterocycles. The van der Waals surface area contributed by atoms with E-state index in [4.69, 9.17) is 4.42 Å². The number of aromatic nitrogens is 4. The first-order chi connectivity index (χ1) is 13.7. The Labute approximate surface area is 163 Å². The number of amides is 1.